The van der Waals surface area contributed by atoms with E-state index in [4.69, 9.17) is 0 Å². The minimum absolute atomic E-state index is 0.0672. The minimum Gasteiger partial charge on any atom is -0.302 e. The van der Waals surface area contributed by atoms with E-state index in [1.165, 1.54) is 21.9 Å². The van der Waals surface area contributed by atoms with Gasteiger partial charge in [-0.15, -0.1) is 22.7 Å². The molecule has 0 saturated heterocycles. The van der Waals surface area contributed by atoms with E-state index in [2.05, 4.69) is 23.3 Å². The van der Waals surface area contributed by atoms with Gasteiger partial charge >= 0.3 is 0 Å². The second-order valence-electron chi connectivity index (χ2n) is 5.36. The maximum atomic E-state index is 11.9. The topological polar surface area (TPSA) is 42.0 Å². The molecule has 2 heterocycles. The summed E-state index contributed by atoms with van der Waals surface area (Å²) >= 11 is 3.35. The van der Waals surface area contributed by atoms with Gasteiger partial charge in [0.15, 0.2) is 5.13 Å². The number of rotatable bonds is 4. The Morgan fingerprint density at radius 1 is 1.55 bits per heavy atom. The summed E-state index contributed by atoms with van der Waals surface area (Å²) in [5.74, 6) is 0.808. The molecular formula is C15H18N2OS2. The number of anilines is 1. The fraction of sp³-hybridized carbons (Fsp3) is 0.467. The Hall–Kier alpha value is -1.20. The van der Waals surface area contributed by atoms with Gasteiger partial charge in [-0.25, -0.2) is 4.98 Å². The number of nitrogens with zero attached hydrogens (tertiary/aromatic N) is 1. The zero-order valence-corrected chi connectivity index (χ0v) is 13.1. The molecule has 1 N–H and O–H groups in total. The van der Waals surface area contributed by atoms with Crippen LogP contribution in [0, 0.1) is 5.92 Å². The van der Waals surface area contributed by atoms with Crippen LogP contribution in [0.5, 0.6) is 0 Å². The summed E-state index contributed by atoms with van der Waals surface area (Å²) in [5.41, 5.74) is 1.20. The lowest BCUT2D eigenvalue weighted by atomic mass is 9.93. The van der Waals surface area contributed by atoms with E-state index in [0.717, 1.165) is 30.3 Å². The molecule has 0 fully saturated rings. The minimum atomic E-state index is 0.0672. The summed E-state index contributed by atoms with van der Waals surface area (Å²) in [7, 11) is 0. The smallest absolute Gasteiger partial charge is 0.226 e. The van der Waals surface area contributed by atoms with Crippen LogP contribution in [0.1, 0.15) is 35.2 Å². The van der Waals surface area contributed by atoms with Crippen molar-refractivity contribution in [1.82, 2.24) is 4.98 Å². The summed E-state index contributed by atoms with van der Waals surface area (Å²) in [4.78, 5) is 19.1. The number of hydrogen-bond donors (Lipinski definition) is 1. The van der Waals surface area contributed by atoms with Crippen LogP contribution in [0.2, 0.25) is 0 Å². The monoisotopic (exact) mass is 306 g/mol. The SMILES string of the molecule is CC1CCc2nc(NC(=O)CCc3cccs3)sc2C1. The zero-order chi connectivity index (χ0) is 13.9. The number of amides is 1. The molecule has 2 aromatic rings. The number of carbonyl (C=O) groups excluding carboxylic acids is 1. The molecule has 0 aliphatic heterocycles. The first kappa shape index (κ1) is 13.8. The molecule has 0 radical (unpaired) electrons. The van der Waals surface area contributed by atoms with Gasteiger partial charge in [0.25, 0.3) is 0 Å². The van der Waals surface area contributed by atoms with Crippen LogP contribution in [0.3, 0.4) is 0 Å². The molecule has 0 spiro atoms. The Morgan fingerprint density at radius 3 is 3.25 bits per heavy atom. The molecular weight excluding hydrogens is 288 g/mol. The maximum absolute atomic E-state index is 11.9. The first-order chi connectivity index (χ1) is 9.70. The second kappa shape index (κ2) is 6.06. The van der Waals surface area contributed by atoms with Crippen molar-refractivity contribution in [3.63, 3.8) is 0 Å². The van der Waals surface area contributed by atoms with Crippen molar-refractivity contribution in [1.29, 1.82) is 0 Å². The van der Waals surface area contributed by atoms with E-state index < -0.39 is 0 Å². The predicted octanol–water partition coefficient (Wildman–Crippen LogP) is 3.90. The normalized spacial score (nSPS) is 17.8. The maximum Gasteiger partial charge on any atom is 0.226 e. The van der Waals surface area contributed by atoms with Gasteiger partial charge in [0.2, 0.25) is 5.91 Å². The molecule has 0 saturated carbocycles. The molecule has 1 amide bonds. The van der Waals surface area contributed by atoms with Gasteiger partial charge < -0.3 is 5.32 Å². The van der Waals surface area contributed by atoms with Crippen molar-refractivity contribution in [2.45, 2.75) is 39.0 Å². The van der Waals surface area contributed by atoms with Gasteiger partial charge in [-0.05, 0) is 43.0 Å². The molecule has 1 aliphatic carbocycles. The predicted molar refractivity (Wildman–Crippen MR) is 84.6 cm³/mol. The lowest BCUT2D eigenvalue weighted by molar-refractivity contribution is -0.116. The van der Waals surface area contributed by atoms with Gasteiger partial charge in [0, 0.05) is 16.2 Å². The molecule has 1 aliphatic rings. The highest BCUT2D eigenvalue weighted by Gasteiger charge is 2.20. The summed E-state index contributed by atoms with van der Waals surface area (Å²) in [6.07, 6.45) is 4.71. The average Bonchev–Trinajstić information content (AvgIpc) is 3.04. The number of thiazole rings is 1. The van der Waals surface area contributed by atoms with Gasteiger partial charge in [0.05, 0.1) is 5.69 Å². The highest BCUT2D eigenvalue weighted by molar-refractivity contribution is 7.15. The second-order valence-corrected chi connectivity index (χ2v) is 7.48. The Bertz CT molecular complexity index is 589. The largest absolute Gasteiger partial charge is 0.302 e. The van der Waals surface area contributed by atoms with E-state index >= 15 is 0 Å². The molecule has 106 valence electrons. The van der Waals surface area contributed by atoms with Gasteiger partial charge in [-0.2, -0.15) is 0 Å². The van der Waals surface area contributed by atoms with E-state index in [-0.39, 0.29) is 5.91 Å². The van der Waals surface area contributed by atoms with Crippen LogP contribution in [-0.2, 0) is 24.1 Å². The first-order valence-corrected chi connectivity index (χ1v) is 8.71. The first-order valence-electron chi connectivity index (χ1n) is 7.01. The fourth-order valence-electron chi connectivity index (χ4n) is 2.47. The van der Waals surface area contributed by atoms with Gasteiger partial charge in [-0.3, -0.25) is 4.79 Å². The van der Waals surface area contributed by atoms with Crippen LogP contribution in [0.15, 0.2) is 17.5 Å². The van der Waals surface area contributed by atoms with Crippen LogP contribution >= 0.6 is 22.7 Å². The van der Waals surface area contributed by atoms with E-state index in [9.17, 15) is 4.79 Å². The quantitative estimate of drug-likeness (QED) is 0.931. The molecule has 1 atom stereocenters. The molecule has 3 nitrogen and oxygen atoms in total. The fourth-order valence-corrected chi connectivity index (χ4v) is 4.36. The molecule has 5 heteroatoms. The number of thiophene rings is 1. The standard InChI is InChI=1S/C15H18N2OS2/c1-10-4-6-12-13(9-10)20-15(16-12)17-14(18)7-5-11-3-2-8-19-11/h2-3,8,10H,4-7,9H2,1H3,(H,16,17,18). The molecule has 20 heavy (non-hydrogen) atoms. The van der Waals surface area contributed by atoms with Crippen LogP contribution in [0.4, 0.5) is 5.13 Å². The van der Waals surface area contributed by atoms with Crippen molar-refractivity contribution in [2.24, 2.45) is 5.92 Å². The Labute approximate surface area is 127 Å². The summed E-state index contributed by atoms with van der Waals surface area (Å²) in [5, 5.41) is 5.77. The van der Waals surface area contributed by atoms with Crippen molar-refractivity contribution in [3.8, 4) is 0 Å². The van der Waals surface area contributed by atoms with Crippen molar-refractivity contribution >= 4 is 33.7 Å². The number of hydrogen-bond acceptors (Lipinski definition) is 4. The third kappa shape index (κ3) is 3.27. The van der Waals surface area contributed by atoms with E-state index in [0.29, 0.717) is 6.42 Å². The van der Waals surface area contributed by atoms with Crippen molar-refractivity contribution in [3.05, 3.63) is 33.0 Å². The zero-order valence-electron chi connectivity index (χ0n) is 11.5. The molecule has 2 aromatic heterocycles. The number of nitrogens with one attached hydrogen (secondary N) is 1. The molecule has 1 unspecified atom stereocenters. The van der Waals surface area contributed by atoms with Crippen LogP contribution < -0.4 is 5.32 Å². The summed E-state index contributed by atoms with van der Waals surface area (Å²) in [6, 6.07) is 4.09. The number of aromatic nitrogens is 1. The lowest BCUT2D eigenvalue weighted by Gasteiger charge is -2.15. The number of fused-ring (bicyclic) bond motifs is 1. The Kier molecular flexibility index (Phi) is 4.17. The molecule has 0 bridgehead atoms. The average molecular weight is 306 g/mol. The van der Waals surface area contributed by atoms with Crippen LogP contribution in [-0.4, -0.2) is 10.9 Å². The highest BCUT2D eigenvalue weighted by Crippen LogP contribution is 2.32. The van der Waals surface area contributed by atoms with E-state index in [1.54, 1.807) is 22.7 Å². The third-order valence-corrected chi connectivity index (χ3v) is 5.58. The highest BCUT2D eigenvalue weighted by atomic mass is 32.1. The number of aryl methyl sites for hydroxylation is 2. The van der Waals surface area contributed by atoms with E-state index in [1.807, 2.05) is 11.4 Å². The van der Waals surface area contributed by atoms with Crippen molar-refractivity contribution in [2.75, 3.05) is 5.32 Å². The number of carbonyl (C=O) groups is 1. The Balaban J connectivity index is 1.56. The third-order valence-electron chi connectivity index (χ3n) is 3.61. The van der Waals surface area contributed by atoms with Gasteiger partial charge in [-0.1, -0.05) is 13.0 Å². The molecule has 3 rings (SSSR count). The van der Waals surface area contributed by atoms with Crippen molar-refractivity contribution < 1.29 is 4.79 Å². The lowest BCUT2D eigenvalue weighted by Crippen LogP contribution is -2.12. The van der Waals surface area contributed by atoms with Crippen LogP contribution in [0.25, 0.3) is 0 Å². The molecule has 0 aromatic carbocycles. The Morgan fingerprint density at radius 2 is 2.45 bits per heavy atom. The summed E-state index contributed by atoms with van der Waals surface area (Å²) < 4.78 is 0. The summed E-state index contributed by atoms with van der Waals surface area (Å²) in [6.45, 7) is 2.28. The van der Waals surface area contributed by atoms with Gasteiger partial charge in [0.1, 0.15) is 0 Å².